The Bertz CT molecular complexity index is 660. The zero-order valence-corrected chi connectivity index (χ0v) is 11.9. The molecule has 0 amide bonds. The van der Waals surface area contributed by atoms with E-state index in [2.05, 4.69) is 10.2 Å². The van der Waals surface area contributed by atoms with Gasteiger partial charge in [-0.1, -0.05) is 6.08 Å². The number of benzene rings is 1. The molecule has 104 valence electrons. The third-order valence-electron chi connectivity index (χ3n) is 2.62. The number of aromatic nitrogens is 2. The molecule has 5 nitrogen and oxygen atoms in total. The van der Waals surface area contributed by atoms with Gasteiger partial charge in [-0.2, -0.15) is 5.10 Å². The molecular formula is C14H14N2O3S. The van der Waals surface area contributed by atoms with Gasteiger partial charge in [0.05, 0.1) is 12.8 Å². The summed E-state index contributed by atoms with van der Waals surface area (Å²) >= 11 is -1.08. The third kappa shape index (κ3) is 3.72. The van der Waals surface area contributed by atoms with Crippen molar-refractivity contribution in [1.29, 1.82) is 0 Å². The Morgan fingerprint density at radius 2 is 2.10 bits per heavy atom. The van der Waals surface area contributed by atoms with Crippen LogP contribution in [0.15, 0.2) is 40.0 Å². The molecule has 1 aromatic carbocycles. The van der Waals surface area contributed by atoms with Crippen LogP contribution in [0.3, 0.4) is 0 Å². The summed E-state index contributed by atoms with van der Waals surface area (Å²) < 4.78 is 16.7. The molecule has 6 heteroatoms. The predicted molar refractivity (Wildman–Crippen MR) is 79.1 cm³/mol. The molecule has 20 heavy (non-hydrogen) atoms. The molecule has 2 aromatic rings. The topological polar surface area (TPSA) is 78.0 Å². The lowest BCUT2D eigenvalue weighted by Gasteiger charge is -2.07. The Morgan fingerprint density at radius 1 is 1.30 bits per heavy atom. The monoisotopic (exact) mass is 290 g/mol. The van der Waals surface area contributed by atoms with Crippen LogP contribution < -0.4 is 10.3 Å². The smallest absolute Gasteiger partial charge is 0.264 e. The highest BCUT2D eigenvalue weighted by Gasteiger charge is 2.07. The fourth-order valence-electron chi connectivity index (χ4n) is 1.60. The summed E-state index contributed by atoms with van der Waals surface area (Å²) in [7, 11) is 1.56. The number of methoxy groups -OCH3 is 1. The Balaban J connectivity index is 2.30. The second-order valence-electron chi connectivity index (χ2n) is 4.08. The summed E-state index contributed by atoms with van der Waals surface area (Å²) in [6.07, 6.45) is 5.19. The highest BCUT2D eigenvalue weighted by atomic mass is 32.2. The van der Waals surface area contributed by atoms with E-state index in [0.29, 0.717) is 16.3 Å². The summed E-state index contributed by atoms with van der Waals surface area (Å²) in [5.41, 5.74) is 1.24. The molecule has 0 spiro atoms. The zero-order chi connectivity index (χ0) is 14.5. The van der Waals surface area contributed by atoms with Gasteiger partial charge in [0.1, 0.15) is 12.0 Å². The minimum Gasteiger partial charge on any atom is -0.612 e. The number of ether oxygens (including phenoxy) is 1. The normalized spacial score (nSPS) is 12.6. The maximum atomic E-state index is 11.6. The van der Waals surface area contributed by atoms with Crippen LogP contribution in [0.1, 0.15) is 11.3 Å². The lowest BCUT2D eigenvalue weighted by Crippen LogP contribution is -2.05. The van der Waals surface area contributed by atoms with E-state index in [1.807, 2.05) is 18.2 Å². The third-order valence-corrected chi connectivity index (χ3v) is 3.52. The first-order valence-electron chi connectivity index (χ1n) is 5.85. The quantitative estimate of drug-likeness (QED) is 0.869. The first kappa shape index (κ1) is 14.4. The van der Waals surface area contributed by atoms with Crippen LogP contribution in [0.4, 0.5) is 0 Å². The number of nitrogens with one attached hydrogen (secondary N) is 1. The van der Waals surface area contributed by atoms with Crippen molar-refractivity contribution in [1.82, 2.24) is 10.2 Å². The van der Waals surface area contributed by atoms with Crippen molar-refractivity contribution in [2.45, 2.75) is 4.90 Å². The summed E-state index contributed by atoms with van der Waals surface area (Å²) in [6.45, 7) is 0. The molecule has 0 bridgehead atoms. The number of rotatable bonds is 4. The van der Waals surface area contributed by atoms with Crippen molar-refractivity contribution in [2.24, 2.45) is 0 Å². The number of nitrogens with zero attached hydrogens (tertiary/aromatic N) is 1. The van der Waals surface area contributed by atoms with Gasteiger partial charge in [0.25, 0.3) is 5.56 Å². The van der Waals surface area contributed by atoms with Crippen molar-refractivity contribution < 1.29 is 9.29 Å². The maximum Gasteiger partial charge on any atom is 0.264 e. The van der Waals surface area contributed by atoms with E-state index in [9.17, 15) is 9.35 Å². The van der Waals surface area contributed by atoms with E-state index >= 15 is 0 Å². The van der Waals surface area contributed by atoms with Gasteiger partial charge in [0.2, 0.25) is 0 Å². The van der Waals surface area contributed by atoms with Crippen LogP contribution in [-0.2, 0) is 11.2 Å². The van der Waals surface area contributed by atoms with E-state index < -0.39 is 11.2 Å². The molecule has 0 fully saturated rings. The largest absolute Gasteiger partial charge is 0.612 e. The highest BCUT2D eigenvalue weighted by Crippen LogP contribution is 2.22. The van der Waals surface area contributed by atoms with Crippen LogP contribution in [0, 0.1) is 0 Å². The Morgan fingerprint density at radius 3 is 2.70 bits per heavy atom. The molecule has 0 radical (unpaired) electrons. The van der Waals surface area contributed by atoms with Gasteiger partial charge in [-0.15, -0.1) is 0 Å². The standard InChI is InChI=1S/C14H14N2O3S/c1-19-12-7-10(8-13(9-12)20(2)18)3-4-11-5-6-14(17)16-15-11/h3-9H,1-2H3,(H,16,17). The van der Waals surface area contributed by atoms with Gasteiger partial charge in [0.15, 0.2) is 4.90 Å². The zero-order valence-electron chi connectivity index (χ0n) is 11.1. The number of hydrogen-bond acceptors (Lipinski definition) is 4. The molecule has 0 saturated heterocycles. The van der Waals surface area contributed by atoms with Crippen LogP contribution in [0.2, 0.25) is 0 Å². The van der Waals surface area contributed by atoms with E-state index in [-0.39, 0.29) is 5.56 Å². The summed E-state index contributed by atoms with van der Waals surface area (Å²) in [5.74, 6) is 0.645. The Kier molecular flexibility index (Phi) is 4.60. The molecule has 1 unspecified atom stereocenters. The molecule has 0 saturated carbocycles. The molecule has 0 aliphatic rings. The molecule has 0 aliphatic carbocycles. The molecule has 1 atom stereocenters. The van der Waals surface area contributed by atoms with Gasteiger partial charge >= 0.3 is 0 Å². The highest BCUT2D eigenvalue weighted by molar-refractivity contribution is 7.90. The van der Waals surface area contributed by atoms with E-state index in [1.165, 1.54) is 6.07 Å². The van der Waals surface area contributed by atoms with Crippen LogP contribution >= 0.6 is 0 Å². The molecule has 2 rings (SSSR count). The maximum absolute atomic E-state index is 11.6. The second kappa shape index (κ2) is 6.40. The van der Waals surface area contributed by atoms with Crippen LogP contribution in [0.25, 0.3) is 12.2 Å². The lowest BCUT2D eigenvalue weighted by molar-refractivity contribution is 0.413. The molecule has 0 aliphatic heterocycles. The van der Waals surface area contributed by atoms with Gasteiger partial charge < -0.3 is 9.29 Å². The SMILES string of the molecule is COc1cc(C=Cc2ccc(=O)[nH]n2)cc([S+](C)[O-])c1. The number of hydrogen-bond donors (Lipinski definition) is 1. The first-order valence-corrected chi connectivity index (χ1v) is 7.40. The van der Waals surface area contributed by atoms with Crippen LogP contribution in [0.5, 0.6) is 5.75 Å². The fraction of sp³-hybridized carbons (Fsp3) is 0.143. The summed E-state index contributed by atoms with van der Waals surface area (Å²) in [5, 5.41) is 6.24. The van der Waals surface area contributed by atoms with Crippen LogP contribution in [-0.4, -0.2) is 28.1 Å². The molecule has 1 heterocycles. The minimum atomic E-state index is -1.08. The van der Waals surface area contributed by atoms with Gasteiger partial charge in [-0.25, -0.2) is 5.10 Å². The summed E-state index contributed by atoms with van der Waals surface area (Å²) in [6, 6.07) is 8.42. The molecule has 1 N–H and O–H groups in total. The van der Waals surface area contributed by atoms with E-state index in [0.717, 1.165) is 5.56 Å². The van der Waals surface area contributed by atoms with Crippen molar-refractivity contribution >= 4 is 23.3 Å². The van der Waals surface area contributed by atoms with Gasteiger partial charge in [0, 0.05) is 18.2 Å². The van der Waals surface area contributed by atoms with Crippen molar-refractivity contribution in [3.8, 4) is 5.75 Å². The predicted octanol–water partition coefficient (Wildman–Crippen LogP) is 1.69. The van der Waals surface area contributed by atoms with Crippen molar-refractivity contribution in [2.75, 3.05) is 13.4 Å². The van der Waals surface area contributed by atoms with Gasteiger partial charge in [-0.05, 0) is 34.9 Å². The molecular weight excluding hydrogens is 276 g/mol. The fourth-order valence-corrected chi connectivity index (χ4v) is 2.19. The molecule has 1 aromatic heterocycles. The van der Waals surface area contributed by atoms with Gasteiger partial charge in [-0.3, -0.25) is 4.79 Å². The minimum absolute atomic E-state index is 0.243. The van der Waals surface area contributed by atoms with Crippen molar-refractivity contribution in [3.05, 3.63) is 51.9 Å². The number of aromatic amines is 1. The first-order chi connectivity index (χ1) is 9.58. The average Bonchev–Trinajstić information content (AvgIpc) is 2.46. The number of H-pyrrole nitrogens is 1. The lowest BCUT2D eigenvalue weighted by atomic mass is 10.2. The Hall–Kier alpha value is -2.05. The summed E-state index contributed by atoms with van der Waals surface area (Å²) in [4.78, 5) is 11.6. The van der Waals surface area contributed by atoms with Crippen molar-refractivity contribution in [3.63, 3.8) is 0 Å². The second-order valence-corrected chi connectivity index (χ2v) is 5.46. The Labute approximate surface area is 119 Å². The van der Waals surface area contributed by atoms with E-state index in [4.69, 9.17) is 4.74 Å². The van der Waals surface area contributed by atoms with E-state index in [1.54, 1.807) is 31.6 Å². The average molecular weight is 290 g/mol.